The van der Waals surface area contributed by atoms with E-state index < -0.39 is 25.6 Å². The zero-order valence-electron chi connectivity index (χ0n) is 12.6. The van der Waals surface area contributed by atoms with E-state index in [4.69, 9.17) is 11.6 Å². The van der Waals surface area contributed by atoms with Gasteiger partial charge >= 0.3 is 5.82 Å². The van der Waals surface area contributed by atoms with Crippen LogP contribution in [0.25, 0.3) is 0 Å². The molecule has 23 heavy (non-hydrogen) atoms. The summed E-state index contributed by atoms with van der Waals surface area (Å²) in [6, 6.07) is 2.59. The standard InChI is InChI=1S/C13H15ClN4O4S/c1-3-7-17-10(4-2)16-12(18(19)20)13(17)23(21,22)11-6-5-9(14)8-15-11/h5-6,8H,3-4,7H2,1-2H3. The minimum Gasteiger partial charge on any atom is -0.358 e. The van der Waals surface area contributed by atoms with Crippen LogP contribution in [0, 0.1) is 10.1 Å². The van der Waals surface area contributed by atoms with Gasteiger partial charge in [0.2, 0.25) is 20.7 Å². The van der Waals surface area contributed by atoms with Crippen LogP contribution in [0.4, 0.5) is 5.82 Å². The monoisotopic (exact) mass is 358 g/mol. The summed E-state index contributed by atoms with van der Waals surface area (Å²) in [4.78, 5) is 18.1. The third-order valence-electron chi connectivity index (χ3n) is 3.15. The van der Waals surface area contributed by atoms with Crippen molar-refractivity contribution in [3.63, 3.8) is 0 Å². The van der Waals surface area contributed by atoms with Gasteiger partial charge in [0.1, 0.15) is 0 Å². The summed E-state index contributed by atoms with van der Waals surface area (Å²) < 4.78 is 27.0. The number of pyridine rings is 1. The molecule has 0 spiro atoms. The maximum absolute atomic E-state index is 12.8. The molecule has 0 aliphatic carbocycles. The second-order valence-electron chi connectivity index (χ2n) is 4.74. The molecule has 0 unspecified atom stereocenters. The zero-order chi connectivity index (χ0) is 17.2. The summed E-state index contributed by atoms with van der Waals surface area (Å²) in [7, 11) is -4.18. The van der Waals surface area contributed by atoms with Crippen molar-refractivity contribution in [2.24, 2.45) is 0 Å². The van der Waals surface area contributed by atoms with E-state index in [0.717, 1.165) is 0 Å². The second kappa shape index (κ2) is 6.63. The van der Waals surface area contributed by atoms with Gasteiger partial charge in [-0.1, -0.05) is 25.4 Å². The molecule has 2 heterocycles. The SMILES string of the molecule is CCCn1c(CC)nc([N+](=O)[O-])c1S(=O)(=O)c1ccc(Cl)cn1. The number of sulfone groups is 1. The first-order chi connectivity index (χ1) is 10.8. The lowest BCUT2D eigenvalue weighted by Gasteiger charge is -2.08. The number of nitro groups is 1. The van der Waals surface area contributed by atoms with Crippen molar-refractivity contribution in [2.75, 3.05) is 0 Å². The number of hydrogen-bond acceptors (Lipinski definition) is 6. The molecule has 0 aromatic carbocycles. The van der Waals surface area contributed by atoms with Crippen molar-refractivity contribution in [2.45, 2.75) is 43.3 Å². The first-order valence-electron chi connectivity index (χ1n) is 6.93. The van der Waals surface area contributed by atoms with Crippen LogP contribution in [0.5, 0.6) is 0 Å². The van der Waals surface area contributed by atoms with Crippen molar-refractivity contribution in [1.29, 1.82) is 0 Å². The van der Waals surface area contributed by atoms with E-state index in [9.17, 15) is 18.5 Å². The molecule has 8 nitrogen and oxygen atoms in total. The molecule has 0 radical (unpaired) electrons. The summed E-state index contributed by atoms with van der Waals surface area (Å²) in [6.07, 6.45) is 2.17. The molecule has 0 aliphatic rings. The Morgan fingerprint density at radius 2 is 2.04 bits per heavy atom. The average molecular weight is 359 g/mol. The number of halogens is 1. The molecule has 0 fully saturated rings. The minimum absolute atomic E-state index is 0.273. The molecule has 0 saturated carbocycles. The van der Waals surface area contributed by atoms with Crippen molar-refractivity contribution >= 4 is 27.3 Å². The van der Waals surface area contributed by atoms with E-state index in [-0.39, 0.29) is 10.0 Å². The molecule has 124 valence electrons. The highest BCUT2D eigenvalue weighted by molar-refractivity contribution is 7.91. The fourth-order valence-electron chi connectivity index (χ4n) is 2.20. The van der Waals surface area contributed by atoms with Crippen molar-refractivity contribution < 1.29 is 13.3 Å². The van der Waals surface area contributed by atoms with Crippen LogP contribution in [-0.2, 0) is 22.8 Å². The Bertz CT molecular complexity index is 830. The summed E-state index contributed by atoms with van der Waals surface area (Å²) >= 11 is 5.71. The highest BCUT2D eigenvalue weighted by atomic mass is 35.5. The van der Waals surface area contributed by atoms with E-state index in [1.807, 2.05) is 6.92 Å². The molecule has 2 rings (SSSR count). The summed E-state index contributed by atoms with van der Waals surface area (Å²) in [5.41, 5.74) is 0. The summed E-state index contributed by atoms with van der Waals surface area (Å²) in [5, 5.41) is 10.8. The van der Waals surface area contributed by atoms with Gasteiger partial charge in [-0.25, -0.2) is 13.4 Å². The third kappa shape index (κ3) is 3.20. The van der Waals surface area contributed by atoms with Gasteiger partial charge in [0.05, 0.1) is 5.02 Å². The molecule has 0 aliphatic heterocycles. The molecule has 0 atom stereocenters. The largest absolute Gasteiger partial charge is 0.401 e. The lowest BCUT2D eigenvalue weighted by atomic mass is 10.4. The lowest BCUT2D eigenvalue weighted by Crippen LogP contribution is -2.14. The Labute approximate surface area is 138 Å². The zero-order valence-corrected chi connectivity index (χ0v) is 14.1. The number of aryl methyl sites for hydroxylation is 1. The smallest absolute Gasteiger partial charge is 0.358 e. The topological polar surface area (TPSA) is 108 Å². The lowest BCUT2D eigenvalue weighted by molar-refractivity contribution is -0.392. The molecule has 10 heteroatoms. The van der Waals surface area contributed by atoms with Crippen LogP contribution in [0.2, 0.25) is 5.02 Å². The van der Waals surface area contributed by atoms with Crippen LogP contribution in [0.15, 0.2) is 28.4 Å². The van der Waals surface area contributed by atoms with Gasteiger partial charge in [-0.15, -0.1) is 0 Å². The van der Waals surface area contributed by atoms with Gasteiger partial charge in [0.15, 0.2) is 5.03 Å². The van der Waals surface area contributed by atoms with Crippen molar-refractivity contribution in [3.8, 4) is 0 Å². The van der Waals surface area contributed by atoms with E-state index >= 15 is 0 Å². The second-order valence-corrected chi connectivity index (χ2v) is 6.99. The average Bonchev–Trinajstić information content (AvgIpc) is 2.87. The predicted octanol–water partition coefficient (Wildman–Crippen LogP) is 2.64. The number of nitrogens with zero attached hydrogens (tertiary/aromatic N) is 4. The van der Waals surface area contributed by atoms with E-state index in [2.05, 4.69) is 9.97 Å². The molecule has 2 aromatic heterocycles. The minimum atomic E-state index is -4.18. The Morgan fingerprint density at radius 3 is 2.52 bits per heavy atom. The van der Waals surface area contributed by atoms with Crippen LogP contribution < -0.4 is 0 Å². The van der Waals surface area contributed by atoms with Gasteiger partial charge < -0.3 is 10.1 Å². The van der Waals surface area contributed by atoms with E-state index in [0.29, 0.717) is 25.2 Å². The third-order valence-corrected chi connectivity index (χ3v) is 5.08. The molecule has 2 aromatic rings. The molecule has 0 bridgehead atoms. The highest BCUT2D eigenvalue weighted by Gasteiger charge is 2.37. The Balaban J connectivity index is 2.75. The Morgan fingerprint density at radius 1 is 1.35 bits per heavy atom. The summed E-state index contributed by atoms with van der Waals surface area (Å²) in [6.45, 7) is 3.92. The molecule has 0 N–H and O–H groups in total. The molecule has 0 saturated heterocycles. The van der Waals surface area contributed by atoms with E-state index in [1.165, 1.54) is 22.9 Å². The number of aromatic nitrogens is 3. The van der Waals surface area contributed by atoms with Gasteiger partial charge in [-0.2, -0.15) is 0 Å². The number of rotatable bonds is 6. The number of hydrogen-bond donors (Lipinski definition) is 0. The van der Waals surface area contributed by atoms with Crippen LogP contribution in [0.1, 0.15) is 26.1 Å². The fourth-order valence-corrected chi connectivity index (χ4v) is 3.79. The summed E-state index contributed by atoms with van der Waals surface area (Å²) in [5.74, 6) is -0.321. The van der Waals surface area contributed by atoms with Gasteiger partial charge in [-0.05, 0) is 28.5 Å². The Hall–Kier alpha value is -2.00. The van der Waals surface area contributed by atoms with Crippen LogP contribution in [-0.4, -0.2) is 27.9 Å². The highest BCUT2D eigenvalue weighted by Crippen LogP contribution is 2.30. The normalized spacial score (nSPS) is 11.6. The van der Waals surface area contributed by atoms with Crippen LogP contribution >= 0.6 is 11.6 Å². The van der Waals surface area contributed by atoms with E-state index in [1.54, 1.807) is 6.92 Å². The molecule has 0 amide bonds. The quantitative estimate of drug-likeness (QED) is 0.580. The number of imidazole rings is 1. The van der Waals surface area contributed by atoms with Crippen LogP contribution in [0.3, 0.4) is 0 Å². The fraction of sp³-hybridized carbons (Fsp3) is 0.385. The maximum Gasteiger partial charge on any atom is 0.401 e. The van der Waals surface area contributed by atoms with Crippen molar-refractivity contribution in [3.05, 3.63) is 39.3 Å². The van der Waals surface area contributed by atoms with Gasteiger partial charge in [0.25, 0.3) is 0 Å². The predicted molar refractivity (Wildman–Crippen MR) is 83.2 cm³/mol. The van der Waals surface area contributed by atoms with Crippen molar-refractivity contribution in [1.82, 2.24) is 14.5 Å². The van der Waals surface area contributed by atoms with Gasteiger partial charge in [-0.3, -0.25) is 4.57 Å². The Kier molecular flexibility index (Phi) is 5.00. The maximum atomic E-state index is 12.8. The first kappa shape index (κ1) is 17.4. The molecular weight excluding hydrogens is 344 g/mol. The molecular formula is C13H15ClN4O4S. The first-order valence-corrected chi connectivity index (χ1v) is 8.79. The van der Waals surface area contributed by atoms with Gasteiger partial charge in [0, 0.05) is 19.2 Å².